The van der Waals surface area contributed by atoms with E-state index in [0.717, 1.165) is 0 Å². The van der Waals surface area contributed by atoms with Crippen molar-refractivity contribution >= 4 is 27.1 Å². The molecule has 1 aromatic heterocycles. The molecule has 1 fully saturated rings. The van der Waals surface area contributed by atoms with E-state index in [1.165, 1.54) is 34.1 Å². The predicted molar refractivity (Wildman–Crippen MR) is 85.2 cm³/mol. The third kappa shape index (κ3) is 2.63. The van der Waals surface area contributed by atoms with Gasteiger partial charge in [-0.2, -0.15) is 4.31 Å². The molecule has 0 amide bonds. The molecular formula is C15H18N2O6S. The van der Waals surface area contributed by atoms with Gasteiger partial charge < -0.3 is 9.52 Å². The molecule has 0 saturated carbocycles. The zero-order chi connectivity index (χ0) is 17.6. The highest BCUT2D eigenvalue weighted by atomic mass is 32.2. The molecule has 0 spiro atoms. The summed E-state index contributed by atoms with van der Waals surface area (Å²) < 4.78 is 33.4. The monoisotopic (exact) mass is 354 g/mol. The van der Waals surface area contributed by atoms with Crippen LogP contribution in [0.25, 0.3) is 11.1 Å². The number of nitrogens with zero attached hydrogens (tertiary/aromatic N) is 2. The minimum Gasteiger partial charge on any atom is -0.481 e. The van der Waals surface area contributed by atoms with Crippen molar-refractivity contribution in [2.24, 2.45) is 13.0 Å². The molecule has 130 valence electrons. The molecular weight excluding hydrogens is 336 g/mol. The fourth-order valence-corrected chi connectivity index (χ4v) is 4.74. The van der Waals surface area contributed by atoms with Crippen LogP contribution >= 0.6 is 0 Å². The first-order valence-corrected chi connectivity index (χ1v) is 9.00. The van der Waals surface area contributed by atoms with Crippen LogP contribution in [0.3, 0.4) is 0 Å². The summed E-state index contributed by atoms with van der Waals surface area (Å²) in [7, 11) is -2.34. The fourth-order valence-electron chi connectivity index (χ4n) is 3.02. The van der Waals surface area contributed by atoms with Crippen LogP contribution < -0.4 is 5.76 Å². The van der Waals surface area contributed by atoms with Crippen molar-refractivity contribution in [3.63, 3.8) is 0 Å². The van der Waals surface area contributed by atoms with Gasteiger partial charge in [0, 0.05) is 25.7 Å². The second-order valence-corrected chi connectivity index (χ2v) is 7.98. The lowest BCUT2D eigenvalue weighted by Gasteiger charge is -2.35. The lowest BCUT2D eigenvalue weighted by atomic mass is 9.96. The van der Waals surface area contributed by atoms with Gasteiger partial charge in [-0.15, -0.1) is 0 Å². The van der Waals surface area contributed by atoms with E-state index >= 15 is 0 Å². The maximum atomic E-state index is 12.9. The zero-order valence-corrected chi connectivity index (χ0v) is 14.1. The molecule has 0 bridgehead atoms. The molecule has 2 heterocycles. The Morgan fingerprint density at radius 2 is 2.04 bits per heavy atom. The lowest BCUT2D eigenvalue weighted by Crippen LogP contribution is -2.47. The largest absolute Gasteiger partial charge is 0.481 e. The van der Waals surface area contributed by atoms with Crippen LogP contribution in [-0.2, 0) is 21.9 Å². The Kier molecular flexibility index (Phi) is 4.00. The van der Waals surface area contributed by atoms with Crippen LogP contribution in [0.5, 0.6) is 0 Å². The van der Waals surface area contributed by atoms with Crippen molar-refractivity contribution in [1.29, 1.82) is 0 Å². The van der Waals surface area contributed by atoms with E-state index in [1.807, 2.05) is 0 Å². The van der Waals surface area contributed by atoms with Crippen molar-refractivity contribution in [1.82, 2.24) is 8.87 Å². The molecule has 1 aliphatic rings. The first kappa shape index (κ1) is 16.7. The highest BCUT2D eigenvalue weighted by Gasteiger charge is 2.37. The standard InChI is InChI=1S/C15H18N2O6S/c1-9-3-4-10(14(18)19)8-17(9)24(21,22)11-5-6-12-13(7-11)23-15(20)16(12)2/h5-7,9-10H,3-4,8H2,1-2H3,(H,18,19). The highest BCUT2D eigenvalue weighted by molar-refractivity contribution is 7.89. The number of hydrogen-bond acceptors (Lipinski definition) is 5. The molecule has 3 rings (SSSR count). The number of piperidine rings is 1. The maximum Gasteiger partial charge on any atom is 0.419 e. The van der Waals surface area contributed by atoms with E-state index in [-0.39, 0.29) is 23.1 Å². The molecule has 0 aliphatic carbocycles. The number of carboxylic acid groups (broad SMARTS) is 1. The Morgan fingerprint density at radius 3 is 2.71 bits per heavy atom. The van der Waals surface area contributed by atoms with Gasteiger partial charge in [0.1, 0.15) is 0 Å². The average molecular weight is 354 g/mol. The number of benzene rings is 1. The quantitative estimate of drug-likeness (QED) is 0.881. The number of carbonyl (C=O) groups is 1. The minimum absolute atomic E-state index is 0.0118. The van der Waals surface area contributed by atoms with Gasteiger partial charge in [0.15, 0.2) is 5.58 Å². The third-order valence-electron chi connectivity index (χ3n) is 4.54. The van der Waals surface area contributed by atoms with Crippen molar-refractivity contribution < 1.29 is 22.7 Å². The smallest absolute Gasteiger partial charge is 0.419 e. The van der Waals surface area contributed by atoms with Gasteiger partial charge in [0.2, 0.25) is 10.0 Å². The third-order valence-corrected chi connectivity index (χ3v) is 6.52. The van der Waals surface area contributed by atoms with Crippen molar-refractivity contribution in [3.8, 4) is 0 Å². The topological polar surface area (TPSA) is 110 Å². The fraction of sp³-hybridized carbons (Fsp3) is 0.467. The number of carboxylic acids is 1. The summed E-state index contributed by atoms with van der Waals surface area (Å²) in [5.41, 5.74) is 0.678. The van der Waals surface area contributed by atoms with E-state index in [9.17, 15) is 23.1 Å². The van der Waals surface area contributed by atoms with E-state index in [1.54, 1.807) is 6.92 Å². The molecule has 0 radical (unpaired) electrons. The molecule has 2 aromatic rings. The van der Waals surface area contributed by atoms with Crippen LogP contribution in [0.1, 0.15) is 19.8 Å². The van der Waals surface area contributed by atoms with Crippen LogP contribution in [0.2, 0.25) is 0 Å². The first-order valence-electron chi connectivity index (χ1n) is 7.56. The molecule has 1 N–H and O–H groups in total. The van der Waals surface area contributed by atoms with Gasteiger partial charge >= 0.3 is 11.7 Å². The van der Waals surface area contributed by atoms with Crippen LogP contribution in [0, 0.1) is 5.92 Å². The van der Waals surface area contributed by atoms with Crippen LogP contribution in [0.15, 0.2) is 32.3 Å². The summed E-state index contributed by atoms with van der Waals surface area (Å²) in [6.07, 6.45) is 0.938. The van der Waals surface area contributed by atoms with Crippen LogP contribution in [0.4, 0.5) is 0 Å². The molecule has 1 saturated heterocycles. The number of oxazole rings is 1. The van der Waals surface area contributed by atoms with Gasteiger partial charge in [-0.05, 0) is 31.9 Å². The maximum absolute atomic E-state index is 12.9. The highest BCUT2D eigenvalue weighted by Crippen LogP contribution is 2.29. The molecule has 2 unspecified atom stereocenters. The number of sulfonamides is 1. The summed E-state index contributed by atoms with van der Waals surface area (Å²) in [5.74, 6) is -2.28. The predicted octanol–water partition coefficient (Wildman–Crippen LogP) is 1.01. The molecule has 2 atom stereocenters. The lowest BCUT2D eigenvalue weighted by molar-refractivity contribution is -0.143. The van der Waals surface area contributed by atoms with Crippen molar-refractivity contribution in [3.05, 3.63) is 28.7 Å². The molecule has 1 aromatic carbocycles. The second-order valence-electron chi connectivity index (χ2n) is 6.09. The van der Waals surface area contributed by atoms with Crippen molar-refractivity contribution in [2.75, 3.05) is 6.54 Å². The average Bonchev–Trinajstić information content (AvgIpc) is 2.81. The molecule has 8 nitrogen and oxygen atoms in total. The van der Waals surface area contributed by atoms with Gasteiger partial charge in [0.25, 0.3) is 0 Å². The summed E-state index contributed by atoms with van der Waals surface area (Å²) in [5, 5.41) is 9.18. The zero-order valence-electron chi connectivity index (χ0n) is 13.3. The van der Waals surface area contributed by atoms with Gasteiger partial charge in [0.05, 0.1) is 16.3 Å². The number of aliphatic carboxylic acids is 1. The van der Waals surface area contributed by atoms with E-state index < -0.39 is 27.7 Å². The number of aromatic nitrogens is 1. The molecule has 24 heavy (non-hydrogen) atoms. The summed E-state index contributed by atoms with van der Waals surface area (Å²) in [6.45, 7) is 1.70. The minimum atomic E-state index is -3.87. The first-order chi connectivity index (χ1) is 11.2. The van der Waals surface area contributed by atoms with Crippen LogP contribution in [-0.4, -0.2) is 41.0 Å². The Balaban J connectivity index is 2.03. The summed E-state index contributed by atoms with van der Waals surface area (Å²) >= 11 is 0. The molecule has 1 aliphatic heterocycles. The molecule has 9 heteroatoms. The normalized spacial score (nSPS) is 22.8. The number of aryl methyl sites for hydroxylation is 1. The number of rotatable bonds is 3. The SMILES string of the molecule is CC1CCC(C(=O)O)CN1S(=O)(=O)c1ccc2c(c1)oc(=O)n2C. The van der Waals surface area contributed by atoms with E-state index in [0.29, 0.717) is 18.4 Å². The van der Waals surface area contributed by atoms with Gasteiger partial charge in [-0.25, -0.2) is 13.2 Å². The van der Waals surface area contributed by atoms with Gasteiger partial charge in [-0.3, -0.25) is 9.36 Å². The van der Waals surface area contributed by atoms with E-state index in [2.05, 4.69) is 0 Å². The number of hydrogen-bond donors (Lipinski definition) is 1. The van der Waals surface area contributed by atoms with E-state index in [4.69, 9.17) is 4.42 Å². The summed E-state index contributed by atoms with van der Waals surface area (Å²) in [6, 6.07) is 3.94. The van der Waals surface area contributed by atoms with Gasteiger partial charge in [-0.1, -0.05) is 0 Å². The number of fused-ring (bicyclic) bond motifs is 1. The second kappa shape index (κ2) is 5.75. The summed E-state index contributed by atoms with van der Waals surface area (Å²) in [4.78, 5) is 22.7. The van der Waals surface area contributed by atoms with Crippen molar-refractivity contribution in [2.45, 2.75) is 30.7 Å². The Morgan fingerprint density at radius 1 is 1.33 bits per heavy atom. The Bertz CT molecular complexity index is 958. The Labute approximate surface area is 138 Å². The Hall–Kier alpha value is -2.13.